The van der Waals surface area contributed by atoms with Gasteiger partial charge in [-0.1, -0.05) is 48.0 Å². The van der Waals surface area contributed by atoms with Crippen molar-refractivity contribution in [2.24, 2.45) is 5.73 Å². The van der Waals surface area contributed by atoms with Gasteiger partial charge in [-0.3, -0.25) is 23.9 Å². The van der Waals surface area contributed by atoms with Gasteiger partial charge in [0.1, 0.15) is 18.8 Å². The molecule has 0 bridgehead atoms. The van der Waals surface area contributed by atoms with Crippen LogP contribution in [-0.2, 0) is 20.9 Å². The number of nitrogens with two attached hydrogens (primary N) is 1. The minimum absolute atomic E-state index is 0.0180. The number of nitrogens with zero attached hydrogens (tertiary/aromatic N) is 3. The van der Waals surface area contributed by atoms with Crippen LogP contribution >= 0.6 is 11.6 Å². The molecule has 2 atom stereocenters. The molecule has 2 aliphatic rings. The lowest BCUT2D eigenvalue weighted by Gasteiger charge is -2.24. The minimum Gasteiger partial charge on any atom is -0.374 e. The average Bonchev–Trinajstić information content (AvgIpc) is 3.56. The Morgan fingerprint density at radius 3 is 2.67 bits per heavy atom. The van der Waals surface area contributed by atoms with Crippen LogP contribution in [0.3, 0.4) is 0 Å². The first kappa shape index (κ1) is 28.1. The first-order chi connectivity index (χ1) is 20.6. The number of carbonyl (C=O) groups is 4. The van der Waals surface area contributed by atoms with E-state index in [0.717, 1.165) is 4.90 Å². The van der Waals surface area contributed by atoms with Crippen LogP contribution in [0.25, 0.3) is 22.0 Å². The Morgan fingerprint density at radius 1 is 1.09 bits per heavy atom. The van der Waals surface area contributed by atoms with E-state index in [1.807, 2.05) is 0 Å². The molecule has 1 aromatic heterocycles. The van der Waals surface area contributed by atoms with Crippen LogP contribution in [0.15, 0.2) is 54.6 Å². The van der Waals surface area contributed by atoms with Gasteiger partial charge in [0.25, 0.3) is 5.91 Å². The normalized spacial score (nSPS) is 17.7. The predicted molar refractivity (Wildman–Crippen MR) is 156 cm³/mol. The van der Waals surface area contributed by atoms with E-state index in [-0.39, 0.29) is 59.5 Å². The smallest absolute Gasteiger partial charge is 0.269 e. The molecule has 1 fully saturated rings. The van der Waals surface area contributed by atoms with Gasteiger partial charge in [0.15, 0.2) is 11.5 Å². The van der Waals surface area contributed by atoms with E-state index in [2.05, 4.69) is 21.0 Å². The molecule has 6 rings (SSSR count). The fourth-order valence-electron chi connectivity index (χ4n) is 5.42. The Balaban J connectivity index is 1.24. The number of aromatic nitrogens is 2. The van der Waals surface area contributed by atoms with Crippen molar-refractivity contribution in [3.8, 4) is 11.1 Å². The monoisotopic (exact) mass is 607 g/mol. The SMILES string of the molecule is NC(=O)c1nn(CC(=O)N2C[C@H](F)C[C@H]2C(=O)Nc2cccc(-c3ccc4c(c3Cl)NC(=O)CN4)c2F)c2ccccc12. The molecule has 0 unspecified atom stereocenters. The molecule has 11 nitrogen and oxygen atoms in total. The number of hydrogen-bond acceptors (Lipinski definition) is 6. The molecule has 0 radical (unpaired) electrons. The molecule has 4 amide bonds. The third kappa shape index (κ3) is 5.12. The average molecular weight is 608 g/mol. The third-order valence-corrected chi connectivity index (χ3v) is 7.83. The van der Waals surface area contributed by atoms with Gasteiger partial charge in [0, 0.05) is 22.9 Å². The number of para-hydroxylation sites is 1. The molecule has 14 heteroatoms. The van der Waals surface area contributed by atoms with Crippen molar-refractivity contribution in [1.82, 2.24) is 14.7 Å². The maximum absolute atomic E-state index is 15.7. The third-order valence-electron chi connectivity index (χ3n) is 7.44. The highest BCUT2D eigenvalue weighted by molar-refractivity contribution is 6.37. The summed E-state index contributed by atoms with van der Waals surface area (Å²) in [4.78, 5) is 51.4. The van der Waals surface area contributed by atoms with Crippen molar-refractivity contribution in [2.75, 3.05) is 29.0 Å². The second kappa shape index (κ2) is 11.0. The highest BCUT2D eigenvalue weighted by atomic mass is 35.5. The van der Waals surface area contributed by atoms with Gasteiger partial charge < -0.3 is 26.6 Å². The summed E-state index contributed by atoms with van der Waals surface area (Å²) in [6.45, 7) is -0.645. The molecular formula is C29H24ClF2N7O4. The van der Waals surface area contributed by atoms with Crippen molar-refractivity contribution in [3.63, 3.8) is 0 Å². The number of benzene rings is 3. The molecule has 2 aliphatic heterocycles. The summed E-state index contributed by atoms with van der Waals surface area (Å²) in [5.41, 5.74) is 6.92. The summed E-state index contributed by atoms with van der Waals surface area (Å²) in [5.74, 6) is -3.27. The van der Waals surface area contributed by atoms with Crippen molar-refractivity contribution in [1.29, 1.82) is 0 Å². The van der Waals surface area contributed by atoms with E-state index in [1.54, 1.807) is 36.4 Å². The number of primary amides is 1. The topological polar surface area (TPSA) is 151 Å². The first-order valence-corrected chi connectivity index (χ1v) is 13.6. The number of nitrogens with one attached hydrogen (secondary N) is 3. The van der Waals surface area contributed by atoms with Crippen LogP contribution in [0.5, 0.6) is 0 Å². The van der Waals surface area contributed by atoms with E-state index in [4.69, 9.17) is 17.3 Å². The lowest BCUT2D eigenvalue weighted by Crippen LogP contribution is -2.44. The number of amides is 4. The highest BCUT2D eigenvalue weighted by Gasteiger charge is 2.40. The Kier molecular flexibility index (Phi) is 7.18. The minimum atomic E-state index is -1.48. The van der Waals surface area contributed by atoms with E-state index < -0.39 is 35.8 Å². The molecule has 3 heterocycles. The lowest BCUT2D eigenvalue weighted by atomic mass is 10.0. The molecule has 0 saturated carbocycles. The maximum Gasteiger partial charge on any atom is 0.269 e. The number of alkyl halides is 1. The zero-order chi connectivity index (χ0) is 30.4. The summed E-state index contributed by atoms with van der Waals surface area (Å²) < 4.78 is 31.6. The summed E-state index contributed by atoms with van der Waals surface area (Å²) >= 11 is 6.52. The van der Waals surface area contributed by atoms with Crippen LogP contribution in [0, 0.1) is 5.82 Å². The van der Waals surface area contributed by atoms with Gasteiger partial charge in [-0.15, -0.1) is 0 Å². The van der Waals surface area contributed by atoms with Crippen LogP contribution in [0.2, 0.25) is 5.02 Å². The van der Waals surface area contributed by atoms with Crippen molar-refractivity contribution in [2.45, 2.75) is 25.2 Å². The predicted octanol–water partition coefficient (Wildman–Crippen LogP) is 3.54. The van der Waals surface area contributed by atoms with E-state index >= 15 is 4.39 Å². The summed E-state index contributed by atoms with van der Waals surface area (Å²) in [6.07, 6.45) is -1.77. The summed E-state index contributed by atoms with van der Waals surface area (Å²) in [5, 5.41) is 12.8. The number of rotatable bonds is 6. The highest BCUT2D eigenvalue weighted by Crippen LogP contribution is 2.41. The van der Waals surface area contributed by atoms with Gasteiger partial charge in [0.05, 0.1) is 40.7 Å². The Hall–Kier alpha value is -5.04. The number of hydrogen-bond donors (Lipinski definition) is 4. The van der Waals surface area contributed by atoms with Gasteiger partial charge in [-0.05, 0) is 18.2 Å². The molecule has 3 aromatic carbocycles. The molecule has 0 aliphatic carbocycles. The van der Waals surface area contributed by atoms with Crippen molar-refractivity contribution in [3.05, 3.63) is 71.1 Å². The van der Waals surface area contributed by atoms with Crippen LogP contribution < -0.4 is 21.7 Å². The molecule has 0 spiro atoms. The molecule has 4 aromatic rings. The zero-order valence-electron chi connectivity index (χ0n) is 22.4. The maximum atomic E-state index is 15.7. The summed E-state index contributed by atoms with van der Waals surface area (Å²) in [6, 6.07) is 13.0. The first-order valence-electron chi connectivity index (χ1n) is 13.3. The van der Waals surface area contributed by atoms with Crippen molar-refractivity contribution >= 4 is 63.2 Å². The second-order valence-electron chi connectivity index (χ2n) is 10.2. The molecule has 220 valence electrons. The number of fused-ring (bicyclic) bond motifs is 2. The van der Waals surface area contributed by atoms with E-state index in [0.29, 0.717) is 22.3 Å². The lowest BCUT2D eigenvalue weighted by molar-refractivity contribution is -0.137. The van der Waals surface area contributed by atoms with Gasteiger partial charge in [-0.25, -0.2) is 8.78 Å². The van der Waals surface area contributed by atoms with Crippen molar-refractivity contribution < 1.29 is 28.0 Å². The molecule has 43 heavy (non-hydrogen) atoms. The Labute approximate surface area is 248 Å². The van der Waals surface area contributed by atoms with Crippen LogP contribution in [0.1, 0.15) is 16.9 Å². The quantitative estimate of drug-likeness (QED) is 0.263. The fourth-order valence-corrected chi connectivity index (χ4v) is 5.74. The van der Waals surface area contributed by atoms with Gasteiger partial charge >= 0.3 is 0 Å². The number of likely N-dealkylation sites (tertiary alicyclic amines) is 1. The number of carbonyl (C=O) groups excluding carboxylic acids is 4. The fraction of sp³-hybridized carbons (Fsp3) is 0.207. The molecule has 1 saturated heterocycles. The molecular weight excluding hydrogens is 584 g/mol. The molecule has 5 N–H and O–H groups in total. The van der Waals surface area contributed by atoms with Gasteiger partial charge in [-0.2, -0.15) is 5.10 Å². The van der Waals surface area contributed by atoms with Crippen LogP contribution in [-0.4, -0.2) is 63.6 Å². The van der Waals surface area contributed by atoms with Gasteiger partial charge in [0.2, 0.25) is 17.7 Å². The Morgan fingerprint density at radius 2 is 1.88 bits per heavy atom. The number of anilines is 3. The van der Waals surface area contributed by atoms with Crippen LogP contribution in [0.4, 0.5) is 25.8 Å². The largest absolute Gasteiger partial charge is 0.374 e. The number of halogens is 3. The van der Waals surface area contributed by atoms with E-state index in [9.17, 15) is 23.6 Å². The van der Waals surface area contributed by atoms with E-state index in [1.165, 1.54) is 22.9 Å². The summed E-state index contributed by atoms with van der Waals surface area (Å²) in [7, 11) is 0. The Bertz CT molecular complexity index is 1830. The standard InChI is InChI=1S/C29H24ClF2N7O4/c30-24-15(8-9-19-27(24)36-22(40)11-34-19)16-5-3-6-18(25(16)32)35-29(43)21-10-14(31)12-38(21)23(41)13-39-20-7-2-1-4-17(20)26(37-39)28(33)42/h1-9,14,21,34H,10-13H2,(H2,33,42)(H,35,43)(H,36,40)/t14-,21+/m1/s1. The zero-order valence-corrected chi connectivity index (χ0v) is 23.1. The second-order valence-corrected chi connectivity index (χ2v) is 10.6.